The van der Waals surface area contributed by atoms with E-state index in [-0.39, 0.29) is 11.7 Å². The Morgan fingerprint density at radius 2 is 2.42 bits per heavy atom. The number of amidine groups is 1. The molecule has 0 aliphatic heterocycles. The number of oxime groups is 1. The second-order valence-corrected chi connectivity index (χ2v) is 4.96. The zero-order valence-corrected chi connectivity index (χ0v) is 10.7. The first-order valence-electron chi connectivity index (χ1n) is 6.09. The minimum Gasteiger partial charge on any atom is -0.409 e. The van der Waals surface area contributed by atoms with Crippen LogP contribution in [-0.2, 0) is 11.3 Å². The number of carbonyl (C=O) groups is 1. The maximum atomic E-state index is 12.2. The van der Waals surface area contributed by atoms with Crippen LogP contribution in [0, 0.1) is 11.3 Å². The van der Waals surface area contributed by atoms with E-state index in [9.17, 15) is 4.79 Å². The highest BCUT2D eigenvalue weighted by molar-refractivity contribution is 6.07. The maximum absolute atomic E-state index is 12.2. The van der Waals surface area contributed by atoms with Gasteiger partial charge in [-0.3, -0.25) is 4.79 Å². The first kappa shape index (κ1) is 13.3. The number of nitrogens with one attached hydrogen (secondary N) is 1. The van der Waals surface area contributed by atoms with E-state index in [1.54, 1.807) is 12.3 Å². The van der Waals surface area contributed by atoms with Gasteiger partial charge in [-0.1, -0.05) is 12.1 Å². The number of nitrogens with zero attached hydrogens (tertiary/aromatic N) is 3. The summed E-state index contributed by atoms with van der Waals surface area (Å²) in [5.74, 6) is 0.149. The Morgan fingerprint density at radius 3 is 2.95 bits per heavy atom. The monoisotopic (exact) mass is 263 g/mol. The molecular formula is C12H17N5O2. The molecule has 4 N–H and O–H groups in total. The first-order valence-corrected chi connectivity index (χ1v) is 6.09. The van der Waals surface area contributed by atoms with Crippen LogP contribution in [0.3, 0.4) is 0 Å². The summed E-state index contributed by atoms with van der Waals surface area (Å²) in [5, 5.41) is 14.6. The van der Waals surface area contributed by atoms with Crippen LogP contribution >= 0.6 is 0 Å². The van der Waals surface area contributed by atoms with Gasteiger partial charge in [-0.15, -0.1) is 0 Å². The molecule has 0 spiro atoms. The minimum atomic E-state index is -0.874. The summed E-state index contributed by atoms with van der Waals surface area (Å²) in [7, 11) is 0. The molecule has 7 nitrogen and oxygen atoms in total. The molecule has 1 amide bonds. The number of rotatable bonds is 4. The summed E-state index contributed by atoms with van der Waals surface area (Å²) in [6.07, 6.45) is 4.22. The molecule has 102 valence electrons. The topological polar surface area (TPSA) is 113 Å². The Hall–Kier alpha value is -2.18. The highest BCUT2D eigenvalue weighted by Crippen LogP contribution is 2.45. The van der Waals surface area contributed by atoms with Crippen molar-refractivity contribution in [2.75, 3.05) is 0 Å². The van der Waals surface area contributed by atoms with Crippen molar-refractivity contribution in [1.29, 1.82) is 0 Å². The average Bonchev–Trinajstić information content (AvgIpc) is 2.41. The molecule has 7 heteroatoms. The molecular weight excluding hydrogens is 246 g/mol. The normalized spacial score (nSPS) is 26.6. The third-order valence-electron chi connectivity index (χ3n) is 3.50. The van der Waals surface area contributed by atoms with Crippen molar-refractivity contribution >= 4 is 11.7 Å². The lowest BCUT2D eigenvalue weighted by Gasteiger charge is -2.43. The van der Waals surface area contributed by atoms with E-state index in [1.807, 2.05) is 6.92 Å². The van der Waals surface area contributed by atoms with Gasteiger partial charge in [0.2, 0.25) is 5.91 Å². The number of aromatic nitrogens is 2. The number of hydrogen-bond donors (Lipinski definition) is 3. The standard InChI is InChI=1S/C12H17N5O2/c1-8-4-12(5-8,10(13)17-19)11(18)15-6-9-2-3-14-7-16-9/h2-3,7-8,19H,4-6H2,1H3,(H2,13,17)(H,15,18). The Kier molecular flexibility index (Phi) is 3.64. The SMILES string of the molecule is CC1CC(C(=O)NCc2ccncn2)(/C(N)=N/O)C1. The second kappa shape index (κ2) is 5.21. The number of hydrogen-bond acceptors (Lipinski definition) is 5. The van der Waals surface area contributed by atoms with Crippen molar-refractivity contribution in [3.05, 3.63) is 24.3 Å². The molecule has 0 aromatic carbocycles. The van der Waals surface area contributed by atoms with E-state index >= 15 is 0 Å². The summed E-state index contributed by atoms with van der Waals surface area (Å²) in [6, 6.07) is 1.72. The van der Waals surface area contributed by atoms with Crippen LogP contribution in [0.4, 0.5) is 0 Å². The van der Waals surface area contributed by atoms with Crippen molar-refractivity contribution in [3.63, 3.8) is 0 Å². The fourth-order valence-electron chi connectivity index (χ4n) is 2.50. The van der Waals surface area contributed by atoms with Crippen molar-refractivity contribution in [3.8, 4) is 0 Å². The zero-order chi connectivity index (χ0) is 13.9. The summed E-state index contributed by atoms with van der Waals surface area (Å²) >= 11 is 0. The Bertz CT molecular complexity index is 482. The molecule has 0 atom stereocenters. The highest BCUT2D eigenvalue weighted by Gasteiger charge is 2.52. The smallest absolute Gasteiger partial charge is 0.234 e. The van der Waals surface area contributed by atoms with Gasteiger partial charge in [-0.2, -0.15) is 0 Å². The molecule has 1 fully saturated rings. The van der Waals surface area contributed by atoms with Gasteiger partial charge in [0.1, 0.15) is 11.7 Å². The highest BCUT2D eigenvalue weighted by atomic mass is 16.4. The minimum absolute atomic E-state index is 0.0224. The van der Waals surface area contributed by atoms with Gasteiger partial charge in [0.15, 0.2) is 5.84 Å². The van der Waals surface area contributed by atoms with Crippen molar-refractivity contribution in [2.45, 2.75) is 26.3 Å². The van der Waals surface area contributed by atoms with Crippen LogP contribution in [0.2, 0.25) is 0 Å². The number of nitrogens with two attached hydrogens (primary N) is 1. The van der Waals surface area contributed by atoms with Gasteiger partial charge in [0.25, 0.3) is 0 Å². The molecule has 19 heavy (non-hydrogen) atoms. The lowest BCUT2D eigenvalue weighted by atomic mass is 9.61. The van der Waals surface area contributed by atoms with Crippen LogP contribution in [0.5, 0.6) is 0 Å². The number of carbonyl (C=O) groups excluding carboxylic acids is 1. The predicted molar refractivity (Wildman–Crippen MR) is 68.1 cm³/mol. The quantitative estimate of drug-likeness (QED) is 0.312. The van der Waals surface area contributed by atoms with Gasteiger partial charge >= 0.3 is 0 Å². The second-order valence-electron chi connectivity index (χ2n) is 4.96. The van der Waals surface area contributed by atoms with Crippen LogP contribution in [0.1, 0.15) is 25.5 Å². The van der Waals surface area contributed by atoms with Gasteiger partial charge in [0, 0.05) is 6.20 Å². The van der Waals surface area contributed by atoms with E-state index in [2.05, 4.69) is 20.4 Å². The fraction of sp³-hybridized carbons (Fsp3) is 0.500. The van der Waals surface area contributed by atoms with E-state index in [0.29, 0.717) is 31.0 Å². The van der Waals surface area contributed by atoms with Crippen molar-refractivity contribution < 1.29 is 10.0 Å². The van der Waals surface area contributed by atoms with Crippen molar-refractivity contribution in [2.24, 2.45) is 22.2 Å². The lowest BCUT2D eigenvalue weighted by molar-refractivity contribution is -0.133. The summed E-state index contributed by atoms with van der Waals surface area (Å²) in [6.45, 7) is 2.33. The Morgan fingerprint density at radius 1 is 1.68 bits per heavy atom. The van der Waals surface area contributed by atoms with Crippen LogP contribution in [0.25, 0.3) is 0 Å². The van der Waals surface area contributed by atoms with Gasteiger partial charge in [0.05, 0.1) is 12.2 Å². The number of amides is 1. The average molecular weight is 263 g/mol. The molecule has 1 aliphatic carbocycles. The van der Waals surface area contributed by atoms with E-state index < -0.39 is 5.41 Å². The van der Waals surface area contributed by atoms with Gasteiger partial charge in [-0.05, 0) is 24.8 Å². The fourth-order valence-corrected chi connectivity index (χ4v) is 2.50. The lowest BCUT2D eigenvalue weighted by Crippen LogP contribution is -2.56. The molecule has 0 bridgehead atoms. The van der Waals surface area contributed by atoms with E-state index in [1.165, 1.54) is 6.33 Å². The summed E-state index contributed by atoms with van der Waals surface area (Å²) < 4.78 is 0. The van der Waals surface area contributed by atoms with E-state index in [4.69, 9.17) is 10.9 Å². The van der Waals surface area contributed by atoms with E-state index in [0.717, 1.165) is 0 Å². The zero-order valence-electron chi connectivity index (χ0n) is 10.7. The molecule has 2 rings (SSSR count). The molecule has 0 radical (unpaired) electrons. The molecule has 1 heterocycles. The van der Waals surface area contributed by atoms with Crippen LogP contribution in [0.15, 0.2) is 23.7 Å². The third kappa shape index (κ3) is 2.49. The van der Waals surface area contributed by atoms with Gasteiger partial charge < -0.3 is 16.3 Å². The third-order valence-corrected chi connectivity index (χ3v) is 3.50. The maximum Gasteiger partial charge on any atom is 0.234 e. The molecule has 0 unspecified atom stereocenters. The Labute approximate surface area is 110 Å². The molecule has 1 aliphatic rings. The molecule has 0 saturated heterocycles. The summed E-state index contributed by atoms with van der Waals surface area (Å²) in [5.41, 5.74) is 5.50. The van der Waals surface area contributed by atoms with Crippen molar-refractivity contribution in [1.82, 2.24) is 15.3 Å². The Balaban J connectivity index is 2.02. The molecule has 1 aromatic rings. The van der Waals surface area contributed by atoms with Crippen LogP contribution < -0.4 is 11.1 Å². The largest absolute Gasteiger partial charge is 0.409 e. The van der Waals surface area contributed by atoms with Crippen LogP contribution in [-0.4, -0.2) is 26.9 Å². The predicted octanol–water partition coefficient (Wildman–Crippen LogP) is 0.256. The molecule has 1 saturated carbocycles. The van der Waals surface area contributed by atoms with Gasteiger partial charge in [-0.25, -0.2) is 9.97 Å². The molecule has 1 aromatic heterocycles. The summed E-state index contributed by atoms with van der Waals surface area (Å²) in [4.78, 5) is 20.1. The first-order chi connectivity index (χ1) is 9.08.